The van der Waals surface area contributed by atoms with E-state index < -0.39 is 0 Å². The van der Waals surface area contributed by atoms with Crippen LogP contribution in [0, 0.1) is 5.92 Å². The van der Waals surface area contributed by atoms with Gasteiger partial charge in [-0.15, -0.1) is 6.58 Å². The van der Waals surface area contributed by atoms with Crippen molar-refractivity contribution >= 4 is 16.6 Å². The van der Waals surface area contributed by atoms with Gasteiger partial charge in [0.2, 0.25) is 0 Å². The normalized spacial score (nSPS) is 14.5. The Hall–Kier alpha value is -2.74. The third kappa shape index (κ3) is 6.19. The third-order valence-corrected chi connectivity index (χ3v) is 7.23. The van der Waals surface area contributed by atoms with Crippen LogP contribution in [-0.2, 0) is 0 Å². The fourth-order valence-electron chi connectivity index (χ4n) is 5.21. The molecule has 1 aromatic heterocycles. The van der Waals surface area contributed by atoms with E-state index >= 15 is 0 Å². The van der Waals surface area contributed by atoms with Crippen molar-refractivity contribution in [3.63, 3.8) is 0 Å². The molecular weight excluding hydrogens is 400 g/mol. The summed E-state index contributed by atoms with van der Waals surface area (Å²) in [6.07, 6.45) is 14.9. The number of nitrogens with zero attached hydrogens (tertiary/aromatic N) is 1. The van der Waals surface area contributed by atoms with Gasteiger partial charge in [-0.25, -0.2) is 0 Å². The zero-order valence-electron chi connectivity index (χ0n) is 20.4. The van der Waals surface area contributed by atoms with Crippen LogP contribution in [0.15, 0.2) is 79.2 Å². The van der Waals surface area contributed by atoms with E-state index in [1.807, 2.05) is 6.20 Å². The van der Waals surface area contributed by atoms with Crippen molar-refractivity contribution in [3.05, 3.63) is 79.2 Å². The number of anilines is 1. The van der Waals surface area contributed by atoms with Crippen LogP contribution in [0.2, 0.25) is 0 Å². The number of benzene rings is 2. The molecule has 0 spiro atoms. The molecule has 0 atom stereocenters. The number of aromatic nitrogens is 1. The number of hydrogen-bond donors (Lipinski definition) is 1. The quantitative estimate of drug-likeness (QED) is 0.232. The van der Waals surface area contributed by atoms with Crippen molar-refractivity contribution < 1.29 is 0 Å². The molecule has 0 amide bonds. The van der Waals surface area contributed by atoms with Crippen LogP contribution in [-0.4, -0.2) is 11.5 Å². The molecule has 1 fully saturated rings. The molecule has 1 heterocycles. The van der Waals surface area contributed by atoms with Crippen LogP contribution < -0.4 is 4.90 Å². The first-order chi connectivity index (χ1) is 16.1. The molecule has 2 heteroatoms. The molecule has 1 aliphatic rings. The first-order valence-corrected chi connectivity index (χ1v) is 12.9. The highest BCUT2D eigenvalue weighted by atomic mass is 15.1. The van der Waals surface area contributed by atoms with Crippen LogP contribution in [0.3, 0.4) is 0 Å². The maximum atomic E-state index is 4.61. The molecule has 1 N–H and O–H groups in total. The predicted molar refractivity (Wildman–Crippen MR) is 145 cm³/mol. The van der Waals surface area contributed by atoms with E-state index in [1.54, 1.807) is 0 Å². The van der Waals surface area contributed by atoms with Crippen LogP contribution in [0.5, 0.6) is 0 Å². The summed E-state index contributed by atoms with van der Waals surface area (Å²) in [5, 5.41) is 1.26. The molecule has 0 aliphatic heterocycles. The van der Waals surface area contributed by atoms with E-state index in [2.05, 4.69) is 78.5 Å². The summed E-state index contributed by atoms with van der Waals surface area (Å²) in [6.45, 7) is 11.8. The van der Waals surface area contributed by atoms with Gasteiger partial charge < -0.3 is 9.88 Å². The van der Waals surface area contributed by atoms with Gasteiger partial charge in [0.05, 0.1) is 0 Å². The summed E-state index contributed by atoms with van der Waals surface area (Å²) in [4.78, 5) is 5.85. The summed E-state index contributed by atoms with van der Waals surface area (Å²) >= 11 is 0. The van der Waals surface area contributed by atoms with Crippen molar-refractivity contribution in [2.75, 3.05) is 11.4 Å². The molecule has 0 bridgehead atoms. The van der Waals surface area contributed by atoms with E-state index in [-0.39, 0.29) is 0 Å². The highest BCUT2D eigenvalue weighted by Crippen LogP contribution is 2.34. The first kappa shape index (κ1) is 23.4. The zero-order valence-corrected chi connectivity index (χ0v) is 20.4. The Bertz CT molecular complexity index is 1050. The molecule has 4 rings (SSSR count). The molecular formula is C31H40N2. The van der Waals surface area contributed by atoms with Crippen molar-refractivity contribution in [2.45, 2.75) is 71.1 Å². The lowest BCUT2D eigenvalue weighted by Crippen LogP contribution is -2.28. The molecule has 1 aliphatic carbocycles. The standard InChI is InChI=1S/C31H40N2/c1-24(2)11-7-4-5-10-22-33(25(3)26-12-8-6-9-13-26)30-18-16-27(17-19-30)29-15-14-28-20-21-32-31(28)23-29/h14-21,23,26,32H,1,3-13,22H2,2H3. The number of nitrogens with one attached hydrogen (secondary N) is 1. The average molecular weight is 441 g/mol. The molecule has 0 radical (unpaired) electrons. The van der Waals surface area contributed by atoms with E-state index in [0.717, 1.165) is 13.0 Å². The summed E-state index contributed by atoms with van der Waals surface area (Å²) in [6, 6.07) is 17.9. The minimum Gasteiger partial charge on any atom is -0.361 e. The van der Waals surface area contributed by atoms with Gasteiger partial charge in [-0.2, -0.15) is 0 Å². The number of H-pyrrole nitrogens is 1. The van der Waals surface area contributed by atoms with E-state index in [4.69, 9.17) is 0 Å². The van der Waals surface area contributed by atoms with Gasteiger partial charge in [0.25, 0.3) is 0 Å². The minimum absolute atomic E-state index is 0.636. The number of hydrogen-bond acceptors (Lipinski definition) is 1. The highest BCUT2D eigenvalue weighted by molar-refractivity contribution is 5.85. The van der Waals surface area contributed by atoms with E-state index in [1.165, 1.54) is 96.8 Å². The van der Waals surface area contributed by atoms with E-state index in [9.17, 15) is 0 Å². The fourth-order valence-corrected chi connectivity index (χ4v) is 5.21. The molecule has 2 nitrogen and oxygen atoms in total. The Balaban J connectivity index is 1.46. The minimum atomic E-state index is 0.636. The topological polar surface area (TPSA) is 19.0 Å². The average Bonchev–Trinajstić information content (AvgIpc) is 3.32. The smallest absolute Gasteiger partial charge is 0.0460 e. The van der Waals surface area contributed by atoms with Crippen LogP contribution in [0.25, 0.3) is 22.0 Å². The van der Waals surface area contributed by atoms with Gasteiger partial charge >= 0.3 is 0 Å². The maximum absolute atomic E-state index is 4.61. The molecule has 174 valence electrons. The number of fused-ring (bicyclic) bond motifs is 1. The summed E-state index contributed by atoms with van der Waals surface area (Å²) in [5.74, 6) is 0.636. The summed E-state index contributed by atoms with van der Waals surface area (Å²) in [5.41, 5.74) is 7.63. The van der Waals surface area contributed by atoms with Gasteiger partial charge in [0.15, 0.2) is 0 Å². The lowest BCUT2D eigenvalue weighted by atomic mass is 9.86. The number of aromatic amines is 1. The van der Waals surface area contributed by atoms with E-state index in [0.29, 0.717) is 5.92 Å². The third-order valence-electron chi connectivity index (χ3n) is 7.23. The van der Waals surface area contributed by atoms with Crippen molar-refractivity contribution in [1.82, 2.24) is 4.98 Å². The van der Waals surface area contributed by atoms with Gasteiger partial charge in [0.1, 0.15) is 0 Å². The zero-order chi connectivity index (χ0) is 23.0. The number of allylic oxidation sites excluding steroid dienone is 2. The Kier molecular flexibility index (Phi) is 8.10. The Morgan fingerprint density at radius 2 is 1.61 bits per heavy atom. The lowest BCUT2D eigenvalue weighted by Gasteiger charge is -2.34. The number of rotatable bonds is 11. The first-order valence-electron chi connectivity index (χ1n) is 12.9. The molecule has 0 saturated heterocycles. The van der Waals surface area contributed by atoms with Gasteiger partial charge in [-0.1, -0.05) is 68.5 Å². The van der Waals surface area contributed by atoms with Crippen molar-refractivity contribution in [2.24, 2.45) is 5.92 Å². The maximum Gasteiger partial charge on any atom is 0.0460 e. The van der Waals surface area contributed by atoms with Gasteiger partial charge in [-0.3, -0.25) is 0 Å². The Morgan fingerprint density at radius 3 is 2.36 bits per heavy atom. The number of unbranched alkanes of at least 4 members (excludes halogenated alkanes) is 3. The predicted octanol–water partition coefficient (Wildman–Crippen LogP) is 9.26. The molecule has 2 aromatic carbocycles. The fraction of sp³-hybridized carbons (Fsp3) is 0.419. The summed E-state index contributed by atoms with van der Waals surface area (Å²) < 4.78 is 0. The summed E-state index contributed by atoms with van der Waals surface area (Å²) in [7, 11) is 0. The van der Waals surface area contributed by atoms with Gasteiger partial charge in [0, 0.05) is 29.6 Å². The second-order valence-corrected chi connectivity index (χ2v) is 9.93. The van der Waals surface area contributed by atoms with Crippen LogP contribution >= 0.6 is 0 Å². The highest BCUT2D eigenvalue weighted by Gasteiger charge is 2.21. The van der Waals surface area contributed by atoms with Gasteiger partial charge in [-0.05, 0) is 85.7 Å². The molecule has 1 saturated carbocycles. The molecule has 3 aromatic rings. The molecule has 33 heavy (non-hydrogen) atoms. The Labute approximate surface area is 200 Å². The second kappa shape index (κ2) is 11.4. The monoisotopic (exact) mass is 440 g/mol. The lowest BCUT2D eigenvalue weighted by molar-refractivity contribution is 0.395. The van der Waals surface area contributed by atoms with Crippen LogP contribution in [0.4, 0.5) is 5.69 Å². The molecule has 0 unspecified atom stereocenters. The Morgan fingerprint density at radius 1 is 0.879 bits per heavy atom. The van der Waals surface area contributed by atoms with Crippen LogP contribution in [0.1, 0.15) is 71.1 Å². The van der Waals surface area contributed by atoms with Crippen molar-refractivity contribution in [3.8, 4) is 11.1 Å². The van der Waals surface area contributed by atoms with Crippen molar-refractivity contribution in [1.29, 1.82) is 0 Å². The largest absolute Gasteiger partial charge is 0.361 e. The second-order valence-electron chi connectivity index (χ2n) is 9.93. The SMILES string of the molecule is C=C(C)CCCCCCN(C(=C)C1CCCCC1)c1ccc(-c2ccc3cc[nH]c3c2)cc1.